The fraction of sp³-hybridized carbons (Fsp3) is 0.529. The van der Waals surface area contributed by atoms with Crippen LogP contribution in [0.5, 0.6) is 0 Å². The average Bonchev–Trinajstić information content (AvgIpc) is 2.62. The molecule has 2 rings (SSSR count). The number of carboxylic acid groups (broad SMARTS) is 1. The Balaban J connectivity index is 1.94. The Morgan fingerprint density at radius 1 is 1.42 bits per heavy atom. The number of rotatable bonds is 8. The number of aliphatic carboxylic acids is 1. The Morgan fingerprint density at radius 3 is 2.81 bits per heavy atom. The number of ether oxygens (including phenoxy) is 1. The molecule has 1 fully saturated rings. The number of carboxylic acids is 1. The number of hydrogen-bond donors (Lipinski definition) is 2. The monoisotopic (exact) mass is 365 g/mol. The van der Waals surface area contributed by atoms with Gasteiger partial charge >= 0.3 is 5.97 Å². The standard InChI is InChI=1S/C17H23N3O6/c1-26-12-17(16(22)23)8-4-10-19(11-17)15(21)7-9-18-13-5-2-3-6-14(13)20(24)25/h2-3,5-6,18H,4,7-12H2,1H3,(H,22,23). The Labute approximate surface area is 151 Å². The lowest BCUT2D eigenvalue weighted by molar-refractivity contribution is -0.384. The minimum Gasteiger partial charge on any atom is -0.481 e. The molecule has 9 nitrogen and oxygen atoms in total. The van der Waals surface area contributed by atoms with E-state index in [4.69, 9.17) is 4.74 Å². The summed E-state index contributed by atoms with van der Waals surface area (Å²) in [4.78, 5) is 36.1. The number of likely N-dealkylation sites (tertiary alicyclic amines) is 1. The zero-order valence-electron chi connectivity index (χ0n) is 14.6. The SMILES string of the molecule is COCC1(C(=O)O)CCCN(C(=O)CCNc2ccccc2[N+](=O)[O-])C1. The van der Waals surface area contributed by atoms with Gasteiger partial charge in [0.15, 0.2) is 0 Å². The topological polar surface area (TPSA) is 122 Å². The summed E-state index contributed by atoms with van der Waals surface area (Å²) in [5.74, 6) is -1.15. The first-order valence-corrected chi connectivity index (χ1v) is 8.37. The number of nitro benzene ring substituents is 1. The van der Waals surface area contributed by atoms with Gasteiger partial charge in [-0.2, -0.15) is 0 Å². The first kappa shape index (κ1) is 19.6. The van der Waals surface area contributed by atoms with E-state index < -0.39 is 16.3 Å². The van der Waals surface area contributed by atoms with Crippen molar-refractivity contribution in [2.45, 2.75) is 19.3 Å². The molecule has 0 spiro atoms. The molecule has 1 aliphatic heterocycles. The highest BCUT2D eigenvalue weighted by Crippen LogP contribution is 2.31. The maximum atomic E-state index is 12.4. The zero-order valence-corrected chi connectivity index (χ0v) is 14.6. The molecule has 0 aliphatic carbocycles. The molecule has 1 heterocycles. The van der Waals surface area contributed by atoms with Crippen LogP contribution in [0.3, 0.4) is 0 Å². The van der Waals surface area contributed by atoms with Gasteiger partial charge in [0.1, 0.15) is 11.1 Å². The van der Waals surface area contributed by atoms with Crippen LogP contribution in [-0.4, -0.2) is 60.2 Å². The van der Waals surface area contributed by atoms with E-state index in [9.17, 15) is 24.8 Å². The van der Waals surface area contributed by atoms with E-state index in [0.29, 0.717) is 25.1 Å². The summed E-state index contributed by atoms with van der Waals surface area (Å²) < 4.78 is 5.05. The van der Waals surface area contributed by atoms with Crippen molar-refractivity contribution in [1.29, 1.82) is 0 Å². The molecule has 1 unspecified atom stereocenters. The Kier molecular flexibility index (Phi) is 6.51. The molecule has 142 valence electrons. The summed E-state index contributed by atoms with van der Waals surface area (Å²) in [7, 11) is 1.45. The van der Waals surface area contributed by atoms with Gasteiger partial charge in [0.25, 0.3) is 5.69 Å². The first-order chi connectivity index (χ1) is 12.4. The molecule has 0 saturated carbocycles. The van der Waals surface area contributed by atoms with Gasteiger partial charge in [-0.15, -0.1) is 0 Å². The second-order valence-electron chi connectivity index (χ2n) is 6.39. The quantitative estimate of drug-likeness (QED) is 0.531. The molecule has 9 heteroatoms. The third-order valence-electron chi connectivity index (χ3n) is 4.56. The smallest absolute Gasteiger partial charge is 0.313 e. The Bertz CT molecular complexity index is 676. The summed E-state index contributed by atoms with van der Waals surface area (Å²) in [5, 5.41) is 23.4. The number of nitrogens with zero attached hydrogens (tertiary/aromatic N) is 2. The van der Waals surface area contributed by atoms with Gasteiger partial charge in [-0.05, 0) is 18.9 Å². The van der Waals surface area contributed by atoms with Crippen LogP contribution >= 0.6 is 0 Å². The highest BCUT2D eigenvalue weighted by Gasteiger charge is 2.43. The number of benzene rings is 1. The summed E-state index contributed by atoms with van der Waals surface area (Å²) in [6, 6.07) is 6.22. The van der Waals surface area contributed by atoms with Crippen molar-refractivity contribution in [2.24, 2.45) is 5.41 Å². The third kappa shape index (κ3) is 4.48. The molecule has 2 N–H and O–H groups in total. The van der Waals surface area contributed by atoms with E-state index in [1.54, 1.807) is 18.2 Å². The van der Waals surface area contributed by atoms with Crippen molar-refractivity contribution in [2.75, 3.05) is 38.7 Å². The van der Waals surface area contributed by atoms with Gasteiger partial charge in [0.2, 0.25) is 5.91 Å². The summed E-state index contributed by atoms with van der Waals surface area (Å²) >= 11 is 0. The number of carbonyl (C=O) groups is 2. The number of methoxy groups -OCH3 is 1. The van der Waals surface area contributed by atoms with Crippen LogP contribution in [0, 0.1) is 15.5 Å². The number of amides is 1. The van der Waals surface area contributed by atoms with Crippen molar-refractivity contribution in [1.82, 2.24) is 4.90 Å². The highest BCUT2D eigenvalue weighted by molar-refractivity contribution is 5.80. The third-order valence-corrected chi connectivity index (χ3v) is 4.56. The van der Waals surface area contributed by atoms with E-state index in [1.165, 1.54) is 18.1 Å². The van der Waals surface area contributed by atoms with E-state index in [1.807, 2.05) is 0 Å². The van der Waals surface area contributed by atoms with Crippen LogP contribution in [0.2, 0.25) is 0 Å². The van der Waals surface area contributed by atoms with Crippen LogP contribution in [-0.2, 0) is 14.3 Å². The second kappa shape index (κ2) is 8.61. The molecule has 1 saturated heterocycles. The number of para-hydroxylation sites is 2. The lowest BCUT2D eigenvalue weighted by Gasteiger charge is -2.39. The maximum Gasteiger partial charge on any atom is 0.313 e. The van der Waals surface area contributed by atoms with Crippen molar-refractivity contribution in [3.63, 3.8) is 0 Å². The van der Waals surface area contributed by atoms with Gasteiger partial charge in [-0.3, -0.25) is 19.7 Å². The molecule has 0 bridgehead atoms. The predicted molar refractivity (Wildman–Crippen MR) is 94.0 cm³/mol. The van der Waals surface area contributed by atoms with E-state index in [0.717, 1.165) is 0 Å². The van der Waals surface area contributed by atoms with Crippen molar-refractivity contribution in [3.05, 3.63) is 34.4 Å². The van der Waals surface area contributed by atoms with Crippen molar-refractivity contribution >= 4 is 23.3 Å². The fourth-order valence-corrected chi connectivity index (χ4v) is 3.22. The number of nitro groups is 1. The fourth-order valence-electron chi connectivity index (χ4n) is 3.22. The van der Waals surface area contributed by atoms with Gasteiger partial charge in [0.05, 0.1) is 11.5 Å². The first-order valence-electron chi connectivity index (χ1n) is 8.37. The summed E-state index contributed by atoms with van der Waals surface area (Å²) in [5.41, 5.74) is -0.778. The molecular weight excluding hydrogens is 342 g/mol. The van der Waals surface area contributed by atoms with E-state index in [2.05, 4.69) is 5.32 Å². The largest absolute Gasteiger partial charge is 0.481 e. The predicted octanol–water partition coefficient (Wildman–Crippen LogP) is 1.74. The van der Waals surface area contributed by atoms with Crippen LogP contribution in [0.1, 0.15) is 19.3 Å². The number of carbonyl (C=O) groups excluding carboxylic acids is 1. The Hall–Kier alpha value is -2.68. The van der Waals surface area contributed by atoms with Gasteiger partial charge in [-0.25, -0.2) is 0 Å². The second-order valence-corrected chi connectivity index (χ2v) is 6.39. The molecule has 1 atom stereocenters. The van der Waals surface area contributed by atoms with Gasteiger partial charge in [-0.1, -0.05) is 12.1 Å². The van der Waals surface area contributed by atoms with E-state index >= 15 is 0 Å². The average molecular weight is 365 g/mol. The normalized spacial score (nSPS) is 19.8. The van der Waals surface area contributed by atoms with Gasteiger partial charge < -0.3 is 20.1 Å². The van der Waals surface area contributed by atoms with Crippen LogP contribution in [0.15, 0.2) is 24.3 Å². The van der Waals surface area contributed by atoms with Crippen molar-refractivity contribution < 1.29 is 24.4 Å². The molecule has 26 heavy (non-hydrogen) atoms. The zero-order chi connectivity index (χ0) is 19.2. The van der Waals surface area contributed by atoms with Crippen molar-refractivity contribution in [3.8, 4) is 0 Å². The van der Waals surface area contributed by atoms with E-state index in [-0.39, 0.29) is 37.7 Å². The van der Waals surface area contributed by atoms with Crippen LogP contribution in [0.4, 0.5) is 11.4 Å². The highest BCUT2D eigenvalue weighted by atomic mass is 16.6. The molecule has 1 aromatic carbocycles. The lowest BCUT2D eigenvalue weighted by Crippen LogP contribution is -2.52. The minimum atomic E-state index is -1.08. The number of nitrogens with one attached hydrogen (secondary N) is 1. The number of hydrogen-bond acceptors (Lipinski definition) is 6. The number of piperidine rings is 1. The van der Waals surface area contributed by atoms with Gasteiger partial charge in [0, 0.05) is 39.2 Å². The molecule has 0 aromatic heterocycles. The molecule has 1 aliphatic rings. The maximum absolute atomic E-state index is 12.4. The van der Waals surface area contributed by atoms with Crippen LogP contribution < -0.4 is 5.32 Å². The summed E-state index contributed by atoms with van der Waals surface area (Å²) in [6.07, 6.45) is 1.18. The molecule has 1 amide bonds. The molecule has 0 radical (unpaired) electrons. The minimum absolute atomic E-state index is 0.0529. The lowest BCUT2D eigenvalue weighted by atomic mass is 9.80. The number of anilines is 1. The summed E-state index contributed by atoms with van der Waals surface area (Å²) in [6.45, 7) is 0.897. The molecule has 1 aromatic rings. The van der Waals surface area contributed by atoms with Crippen LogP contribution in [0.25, 0.3) is 0 Å². The molecular formula is C17H23N3O6. The Morgan fingerprint density at radius 2 is 2.15 bits per heavy atom.